The first-order chi connectivity index (χ1) is 11.1. The number of fused-ring (bicyclic) bond motifs is 1. The number of anilines is 1. The summed E-state index contributed by atoms with van der Waals surface area (Å²) in [6.45, 7) is 0.718. The summed E-state index contributed by atoms with van der Waals surface area (Å²) in [5, 5.41) is 6.85. The predicted octanol–water partition coefficient (Wildman–Crippen LogP) is 2.58. The minimum Gasteiger partial charge on any atom is -0.464 e. The molecule has 3 rings (SSSR count). The Morgan fingerprint density at radius 3 is 3.13 bits per heavy atom. The molecule has 1 atom stereocenters. The number of esters is 1. The van der Waals surface area contributed by atoms with Crippen LogP contribution >= 0.6 is 23.4 Å². The van der Waals surface area contributed by atoms with Gasteiger partial charge in [0.15, 0.2) is 0 Å². The highest BCUT2D eigenvalue weighted by Gasteiger charge is 2.29. The zero-order valence-electron chi connectivity index (χ0n) is 12.1. The standard InChI is InChI=1S/C15H14ClN3O3S/c16-10-2-3-12-11(8-10)18-15(21)13(23-12)9-14(20)22-7-6-19-5-1-4-17-19/h1-5,8,13H,6-7,9H2,(H,18,21). The first-order valence-corrected chi connectivity index (χ1v) is 8.28. The van der Waals surface area contributed by atoms with E-state index in [0.717, 1.165) is 4.90 Å². The van der Waals surface area contributed by atoms with Crippen molar-refractivity contribution in [2.24, 2.45) is 0 Å². The van der Waals surface area contributed by atoms with Crippen LogP contribution in [0.1, 0.15) is 6.42 Å². The normalized spacial score (nSPS) is 16.6. The fourth-order valence-electron chi connectivity index (χ4n) is 2.15. The monoisotopic (exact) mass is 351 g/mol. The zero-order valence-corrected chi connectivity index (χ0v) is 13.6. The van der Waals surface area contributed by atoms with Gasteiger partial charge < -0.3 is 10.1 Å². The third-order valence-electron chi connectivity index (χ3n) is 3.26. The summed E-state index contributed by atoms with van der Waals surface area (Å²) in [5.41, 5.74) is 0.677. The number of nitrogens with zero attached hydrogens (tertiary/aromatic N) is 2. The minimum absolute atomic E-state index is 0.0255. The fourth-order valence-corrected chi connectivity index (χ4v) is 3.40. The van der Waals surface area contributed by atoms with Crippen LogP contribution in [-0.2, 0) is 20.9 Å². The topological polar surface area (TPSA) is 73.2 Å². The molecule has 1 aromatic carbocycles. The first kappa shape index (κ1) is 15.9. The summed E-state index contributed by atoms with van der Waals surface area (Å²) in [6, 6.07) is 7.08. The molecule has 0 spiro atoms. The number of thioether (sulfide) groups is 1. The van der Waals surface area contributed by atoms with Crippen molar-refractivity contribution in [3.05, 3.63) is 41.7 Å². The maximum atomic E-state index is 12.1. The molecule has 0 fully saturated rings. The van der Waals surface area contributed by atoms with Crippen LogP contribution in [-0.4, -0.2) is 33.5 Å². The van der Waals surface area contributed by atoms with Gasteiger partial charge in [0.1, 0.15) is 6.61 Å². The van der Waals surface area contributed by atoms with E-state index < -0.39 is 11.2 Å². The molecule has 0 bridgehead atoms. The van der Waals surface area contributed by atoms with Crippen LogP contribution in [0, 0.1) is 0 Å². The van der Waals surface area contributed by atoms with Gasteiger partial charge in [0, 0.05) is 22.3 Å². The number of aromatic nitrogens is 2. The van der Waals surface area contributed by atoms with Gasteiger partial charge in [-0.2, -0.15) is 5.10 Å². The second kappa shape index (κ2) is 7.06. The number of ether oxygens (including phenoxy) is 1. The molecule has 0 aliphatic carbocycles. The highest BCUT2D eigenvalue weighted by Crippen LogP contribution is 2.38. The summed E-state index contributed by atoms with van der Waals surface area (Å²) in [5.74, 6) is -0.615. The number of hydrogen-bond acceptors (Lipinski definition) is 5. The van der Waals surface area contributed by atoms with E-state index in [0.29, 0.717) is 17.3 Å². The van der Waals surface area contributed by atoms with Crippen molar-refractivity contribution >= 4 is 40.9 Å². The molecule has 1 aromatic heterocycles. The number of nitrogens with one attached hydrogen (secondary N) is 1. The van der Waals surface area contributed by atoms with Crippen LogP contribution in [0.25, 0.3) is 0 Å². The van der Waals surface area contributed by atoms with Crippen molar-refractivity contribution in [1.29, 1.82) is 0 Å². The second-order valence-corrected chi connectivity index (χ2v) is 6.61. The summed E-state index contributed by atoms with van der Waals surface area (Å²) in [6.07, 6.45) is 3.48. The van der Waals surface area contributed by atoms with E-state index in [1.54, 1.807) is 35.3 Å². The Hall–Kier alpha value is -1.99. The van der Waals surface area contributed by atoms with E-state index in [1.165, 1.54) is 11.8 Å². The Morgan fingerprint density at radius 1 is 1.48 bits per heavy atom. The van der Waals surface area contributed by atoms with Gasteiger partial charge in [0.25, 0.3) is 0 Å². The summed E-state index contributed by atoms with van der Waals surface area (Å²) < 4.78 is 6.84. The lowest BCUT2D eigenvalue weighted by Gasteiger charge is -2.23. The van der Waals surface area contributed by atoms with Crippen molar-refractivity contribution in [2.45, 2.75) is 23.1 Å². The largest absolute Gasteiger partial charge is 0.464 e. The van der Waals surface area contributed by atoms with E-state index in [4.69, 9.17) is 16.3 Å². The van der Waals surface area contributed by atoms with E-state index >= 15 is 0 Å². The van der Waals surface area contributed by atoms with Crippen molar-refractivity contribution < 1.29 is 14.3 Å². The molecule has 6 nitrogen and oxygen atoms in total. The van der Waals surface area contributed by atoms with Crippen LogP contribution in [0.4, 0.5) is 5.69 Å². The first-order valence-electron chi connectivity index (χ1n) is 7.02. The van der Waals surface area contributed by atoms with Crippen LogP contribution in [0.5, 0.6) is 0 Å². The Bertz CT molecular complexity index is 721. The summed E-state index contributed by atoms with van der Waals surface area (Å²) in [4.78, 5) is 24.8. The number of rotatable bonds is 5. The van der Waals surface area contributed by atoms with Crippen LogP contribution in [0.2, 0.25) is 5.02 Å². The predicted molar refractivity (Wildman–Crippen MR) is 87.5 cm³/mol. The Labute approximate surface area is 142 Å². The summed E-state index contributed by atoms with van der Waals surface area (Å²) in [7, 11) is 0. The van der Waals surface area contributed by atoms with E-state index in [-0.39, 0.29) is 18.9 Å². The quantitative estimate of drug-likeness (QED) is 0.838. The van der Waals surface area contributed by atoms with Crippen LogP contribution < -0.4 is 5.32 Å². The molecular weight excluding hydrogens is 338 g/mol. The molecule has 2 aromatic rings. The third-order valence-corrected chi connectivity index (χ3v) is 4.77. The van der Waals surface area contributed by atoms with Crippen LogP contribution in [0.3, 0.4) is 0 Å². The van der Waals surface area contributed by atoms with E-state index in [2.05, 4.69) is 10.4 Å². The van der Waals surface area contributed by atoms with Crippen LogP contribution in [0.15, 0.2) is 41.6 Å². The molecule has 1 aliphatic heterocycles. The molecular formula is C15H14ClN3O3S. The fraction of sp³-hybridized carbons (Fsp3) is 0.267. The molecule has 1 aliphatic rings. The lowest BCUT2D eigenvalue weighted by Crippen LogP contribution is -2.31. The number of amides is 1. The SMILES string of the molecule is O=C(CC1Sc2ccc(Cl)cc2NC1=O)OCCn1cccn1. The molecule has 8 heteroatoms. The van der Waals surface area contributed by atoms with Gasteiger partial charge in [0.05, 0.1) is 23.9 Å². The Morgan fingerprint density at radius 2 is 2.35 bits per heavy atom. The van der Waals surface area contributed by atoms with Gasteiger partial charge in [-0.15, -0.1) is 11.8 Å². The van der Waals surface area contributed by atoms with Crippen molar-refractivity contribution in [3.8, 4) is 0 Å². The third kappa shape index (κ3) is 4.05. The van der Waals surface area contributed by atoms with Gasteiger partial charge in [-0.25, -0.2) is 0 Å². The van der Waals surface area contributed by atoms with Gasteiger partial charge in [0.2, 0.25) is 5.91 Å². The van der Waals surface area contributed by atoms with Gasteiger partial charge in [-0.1, -0.05) is 11.6 Å². The maximum absolute atomic E-state index is 12.1. The lowest BCUT2D eigenvalue weighted by atomic mass is 10.2. The number of carbonyl (C=O) groups is 2. The number of benzene rings is 1. The molecule has 120 valence electrons. The van der Waals surface area contributed by atoms with E-state index in [9.17, 15) is 9.59 Å². The van der Waals surface area contributed by atoms with Gasteiger partial charge in [-0.3, -0.25) is 14.3 Å². The van der Waals surface area contributed by atoms with Crippen molar-refractivity contribution in [1.82, 2.24) is 9.78 Å². The Kier molecular flexibility index (Phi) is 4.88. The molecule has 0 saturated heterocycles. The molecule has 1 amide bonds. The number of carbonyl (C=O) groups excluding carboxylic acids is 2. The van der Waals surface area contributed by atoms with Crippen molar-refractivity contribution in [2.75, 3.05) is 11.9 Å². The smallest absolute Gasteiger partial charge is 0.307 e. The zero-order chi connectivity index (χ0) is 16.2. The molecule has 1 unspecified atom stereocenters. The van der Waals surface area contributed by atoms with Crippen molar-refractivity contribution in [3.63, 3.8) is 0 Å². The Balaban J connectivity index is 1.52. The highest BCUT2D eigenvalue weighted by atomic mass is 35.5. The molecule has 2 heterocycles. The average molecular weight is 352 g/mol. The van der Waals surface area contributed by atoms with E-state index in [1.807, 2.05) is 6.07 Å². The van der Waals surface area contributed by atoms with Gasteiger partial charge >= 0.3 is 5.97 Å². The maximum Gasteiger partial charge on any atom is 0.307 e. The molecule has 0 radical (unpaired) electrons. The number of halogens is 1. The average Bonchev–Trinajstić information content (AvgIpc) is 3.01. The highest BCUT2D eigenvalue weighted by molar-refractivity contribution is 8.01. The lowest BCUT2D eigenvalue weighted by molar-refractivity contribution is -0.144. The van der Waals surface area contributed by atoms with Gasteiger partial charge in [-0.05, 0) is 24.3 Å². The number of hydrogen-bond donors (Lipinski definition) is 1. The molecule has 0 saturated carbocycles. The summed E-state index contributed by atoms with van der Waals surface area (Å²) >= 11 is 7.25. The minimum atomic E-state index is -0.499. The second-order valence-electron chi connectivity index (χ2n) is 4.93. The molecule has 23 heavy (non-hydrogen) atoms. The molecule has 1 N–H and O–H groups in total.